The number of hydrogen-bond donors (Lipinski definition) is 3. The van der Waals surface area contributed by atoms with Crippen molar-refractivity contribution < 1.29 is 46.6 Å². The fourth-order valence-corrected chi connectivity index (χ4v) is 5.84. The number of aliphatic hydroxyl groups excluding tert-OH is 1. The van der Waals surface area contributed by atoms with Crippen LogP contribution in [0.5, 0.6) is 0 Å². The van der Waals surface area contributed by atoms with Gasteiger partial charge < -0.3 is 14.6 Å². The number of carbonyl (C=O) groups is 2. The average molecular weight is 636 g/mol. The monoisotopic (exact) mass is 635 g/mol. The Bertz CT molecular complexity index is 1240. The normalized spacial score (nSPS) is 25.5. The van der Waals surface area contributed by atoms with E-state index < -0.39 is 78.5 Å². The number of aromatic nitrogens is 2. The van der Waals surface area contributed by atoms with Crippen LogP contribution in [0.15, 0.2) is 15.8 Å². The molecule has 1 aliphatic rings. The summed E-state index contributed by atoms with van der Waals surface area (Å²) >= 11 is 6.71. The van der Waals surface area contributed by atoms with E-state index in [1.54, 1.807) is 39.6 Å². The summed E-state index contributed by atoms with van der Waals surface area (Å²) in [6.45, 7) is 8.56. The summed E-state index contributed by atoms with van der Waals surface area (Å²) in [7, 11) is -4.42. The van der Waals surface area contributed by atoms with Crippen LogP contribution in [0.4, 0.5) is 8.78 Å². The molecule has 1 aromatic rings. The van der Waals surface area contributed by atoms with Gasteiger partial charge >= 0.3 is 19.4 Å². The van der Waals surface area contributed by atoms with E-state index in [0.29, 0.717) is 10.8 Å². The van der Waals surface area contributed by atoms with Gasteiger partial charge in [0, 0.05) is 11.2 Å². The third-order valence-corrected chi connectivity index (χ3v) is 8.58. The molecular weight excluding hydrogens is 603 g/mol. The summed E-state index contributed by atoms with van der Waals surface area (Å²) in [6.07, 6.45) is -6.13. The molecule has 0 aromatic carbocycles. The van der Waals surface area contributed by atoms with E-state index in [4.69, 9.17) is 30.1 Å². The zero-order chi connectivity index (χ0) is 30.6. The highest BCUT2D eigenvalue weighted by Crippen LogP contribution is 2.48. The van der Waals surface area contributed by atoms with Crippen molar-refractivity contribution in [3.63, 3.8) is 0 Å². The zero-order valence-corrected chi connectivity index (χ0v) is 25.1. The van der Waals surface area contributed by atoms with E-state index >= 15 is 4.39 Å². The number of aromatic amines is 1. The maximum atomic E-state index is 15.2. The van der Waals surface area contributed by atoms with Crippen LogP contribution in [0.1, 0.15) is 47.8 Å². The molecule has 2 rings (SSSR count). The van der Waals surface area contributed by atoms with Gasteiger partial charge in [0.1, 0.15) is 18.2 Å². The Balaban J connectivity index is 2.19. The molecule has 3 N–H and O–H groups in total. The van der Waals surface area contributed by atoms with Gasteiger partial charge in [-0.05, 0) is 20.8 Å². The number of thioether (sulfide) groups is 1. The lowest BCUT2D eigenvalue weighted by Gasteiger charge is -2.25. The molecule has 1 fully saturated rings. The van der Waals surface area contributed by atoms with Crippen LogP contribution in [0.25, 0.3) is 0 Å². The minimum atomic E-state index is -4.42. The fourth-order valence-electron chi connectivity index (χ4n) is 3.16. The van der Waals surface area contributed by atoms with Gasteiger partial charge in [0.25, 0.3) is 10.7 Å². The Hall–Kier alpha value is -1.65. The van der Waals surface area contributed by atoms with Crippen LogP contribution < -0.4 is 16.3 Å². The first-order valence-electron chi connectivity index (χ1n) is 12.1. The number of aliphatic hydroxyl groups is 1. The van der Waals surface area contributed by atoms with Crippen molar-refractivity contribution in [1.82, 2.24) is 14.6 Å². The Morgan fingerprint density at radius 3 is 2.52 bits per heavy atom. The van der Waals surface area contributed by atoms with Crippen LogP contribution in [-0.2, 0) is 32.7 Å². The van der Waals surface area contributed by atoms with Crippen molar-refractivity contribution >= 4 is 42.2 Å². The van der Waals surface area contributed by atoms with Gasteiger partial charge in [0.05, 0.1) is 25.5 Å². The van der Waals surface area contributed by atoms with Crippen molar-refractivity contribution in [2.45, 2.75) is 77.3 Å². The van der Waals surface area contributed by atoms with Gasteiger partial charge in [-0.25, -0.2) is 18.8 Å². The molecule has 0 saturated carbocycles. The van der Waals surface area contributed by atoms with E-state index in [9.17, 15) is 33.2 Å². The number of ether oxygens (including phenoxy) is 2. The second-order valence-electron chi connectivity index (χ2n) is 10.1. The second kappa shape index (κ2) is 13.6. The maximum Gasteiger partial charge on any atom is 0.406 e. The molecule has 0 spiro atoms. The SMILES string of the molecule is CC(C)OC(=O)C(C)NP(=O)(OCCSC(=O)C(C)(C)C)OC[C@H]1O[C@@H](n2cc(F)c(=O)[nH]c2=O)[C@](F)(Cl)[C@@H]1O. The van der Waals surface area contributed by atoms with E-state index in [1.807, 2.05) is 0 Å². The Labute approximate surface area is 237 Å². The summed E-state index contributed by atoms with van der Waals surface area (Å²) < 4.78 is 63.8. The summed E-state index contributed by atoms with van der Waals surface area (Å²) in [6, 6.07) is -1.21. The molecule has 228 valence electrons. The molecule has 2 heterocycles. The molecule has 6 atom stereocenters. The van der Waals surface area contributed by atoms with Crippen LogP contribution in [0.3, 0.4) is 0 Å². The molecule has 0 bridgehead atoms. The van der Waals surface area contributed by atoms with Gasteiger partial charge in [-0.3, -0.25) is 33.0 Å². The minimum absolute atomic E-state index is 0.0660. The van der Waals surface area contributed by atoms with Crippen molar-refractivity contribution in [1.29, 1.82) is 0 Å². The van der Waals surface area contributed by atoms with E-state index in [0.717, 1.165) is 11.8 Å². The smallest absolute Gasteiger partial charge is 0.406 e. The van der Waals surface area contributed by atoms with Crippen LogP contribution in [-0.4, -0.2) is 74.2 Å². The second-order valence-corrected chi connectivity index (χ2v) is 13.6. The van der Waals surface area contributed by atoms with E-state index in [2.05, 4.69) is 5.09 Å². The number of hydrogen-bond acceptors (Lipinski definition) is 11. The lowest BCUT2D eigenvalue weighted by Crippen LogP contribution is -2.42. The molecule has 40 heavy (non-hydrogen) atoms. The number of H-pyrrole nitrogens is 1. The third-order valence-electron chi connectivity index (χ3n) is 5.21. The minimum Gasteiger partial charge on any atom is -0.462 e. The predicted molar refractivity (Wildman–Crippen MR) is 141 cm³/mol. The largest absolute Gasteiger partial charge is 0.462 e. The topological polar surface area (TPSA) is 175 Å². The Kier molecular flexibility index (Phi) is 11.7. The molecule has 0 amide bonds. The van der Waals surface area contributed by atoms with Gasteiger partial charge in [0.2, 0.25) is 5.82 Å². The number of nitrogens with one attached hydrogen (secondary N) is 2. The lowest BCUT2D eigenvalue weighted by atomic mass is 10.00. The van der Waals surface area contributed by atoms with Crippen molar-refractivity contribution in [3.05, 3.63) is 32.9 Å². The molecule has 2 unspecified atom stereocenters. The standard InChI is InChI=1S/C22H33ClF2N3O10PS/c1-11(2)37-17(31)12(3)27-39(34,35-7-8-40-19(32)21(4,5)6)36-10-14-15(29)22(23,25)18(38-14)28-9-13(24)16(30)26-20(28)33/h9,11-12,14-15,18,29H,7-8,10H2,1-6H3,(H,27,34)(H,26,30,33)/t12?,14-,15-,18-,22+,39?/m1/s1. The van der Waals surface area contributed by atoms with Gasteiger partial charge in [-0.1, -0.05) is 44.1 Å². The van der Waals surface area contributed by atoms with Crippen molar-refractivity contribution in [3.8, 4) is 0 Å². The fraction of sp³-hybridized carbons (Fsp3) is 0.727. The van der Waals surface area contributed by atoms with Gasteiger partial charge in [0.15, 0.2) is 11.3 Å². The van der Waals surface area contributed by atoms with Crippen molar-refractivity contribution in [2.75, 3.05) is 19.0 Å². The molecule has 1 aromatic heterocycles. The Morgan fingerprint density at radius 1 is 1.32 bits per heavy atom. The number of esters is 1. The highest BCUT2D eigenvalue weighted by atomic mass is 35.5. The number of rotatable bonds is 12. The molecule has 0 radical (unpaired) electrons. The maximum absolute atomic E-state index is 15.2. The van der Waals surface area contributed by atoms with E-state index in [1.165, 1.54) is 6.92 Å². The Morgan fingerprint density at radius 2 is 1.95 bits per heavy atom. The lowest BCUT2D eigenvalue weighted by molar-refractivity contribution is -0.149. The highest BCUT2D eigenvalue weighted by molar-refractivity contribution is 8.13. The summed E-state index contributed by atoms with van der Waals surface area (Å²) in [4.78, 5) is 49.4. The van der Waals surface area contributed by atoms with Crippen LogP contribution in [0.2, 0.25) is 0 Å². The number of nitrogens with zero attached hydrogens (tertiary/aromatic N) is 1. The number of carbonyl (C=O) groups excluding carboxylic acids is 2. The molecule has 13 nitrogen and oxygen atoms in total. The number of alkyl halides is 2. The average Bonchev–Trinajstić information content (AvgIpc) is 3.05. The van der Waals surface area contributed by atoms with Crippen LogP contribution in [0, 0.1) is 11.2 Å². The quantitative estimate of drug-likeness (QED) is 0.132. The molecule has 1 saturated heterocycles. The molecule has 0 aliphatic carbocycles. The van der Waals surface area contributed by atoms with Crippen LogP contribution >= 0.6 is 31.1 Å². The van der Waals surface area contributed by atoms with Gasteiger partial charge in [-0.15, -0.1) is 0 Å². The first-order chi connectivity index (χ1) is 18.3. The summed E-state index contributed by atoms with van der Waals surface area (Å²) in [5.41, 5.74) is -3.28. The first kappa shape index (κ1) is 34.6. The highest BCUT2D eigenvalue weighted by Gasteiger charge is 2.58. The third kappa shape index (κ3) is 8.92. The molecule has 18 heteroatoms. The summed E-state index contributed by atoms with van der Waals surface area (Å²) in [5.74, 6) is -2.17. The molecular formula is C22H33ClF2N3O10PS. The predicted octanol–water partition coefficient (Wildman–Crippen LogP) is 2.22. The van der Waals surface area contributed by atoms with Crippen molar-refractivity contribution in [2.24, 2.45) is 5.41 Å². The number of halogens is 3. The van der Waals surface area contributed by atoms with Gasteiger partial charge in [-0.2, -0.15) is 4.39 Å². The first-order valence-corrected chi connectivity index (χ1v) is 15.0. The van der Waals surface area contributed by atoms with E-state index in [-0.39, 0.29) is 17.5 Å². The zero-order valence-electron chi connectivity index (χ0n) is 22.6. The molecule has 1 aliphatic heterocycles. The summed E-state index contributed by atoms with van der Waals surface area (Å²) in [5, 5.41) is 9.43.